The number of hydrogen-bond donors (Lipinski definition) is 6. The second kappa shape index (κ2) is 16.4. The number of thioether (sulfide) groups is 2. The van der Waals surface area contributed by atoms with Crippen LogP contribution in [0.5, 0.6) is 0 Å². The highest BCUT2D eigenvalue weighted by atomic mass is 32.2. The summed E-state index contributed by atoms with van der Waals surface area (Å²) in [5.41, 5.74) is 7.71. The summed E-state index contributed by atoms with van der Waals surface area (Å²) in [6, 6.07) is 3.78. The third kappa shape index (κ3) is 10.4. The number of nitrogens with two attached hydrogens (primary N) is 1. The van der Waals surface area contributed by atoms with Crippen molar-refractivity contribution in [2.75, 3.05) is 24.0 Å². The zero-order chi connectivity index (χ0) is 28.9. The molecule has 0 saturated carbocycles. The van der Waals surface area contributed by atoms with E-state index in [1.54, 1.807) is 6.20 Å². The second-order valence-corrected chi connectivity index (χ2v) is 11.9. The normalized spacial score (nSPS) is 14.4. The predicted octanol–water partition coefficient (Wildman–Crippen LogP) is 2.13. The number of H-pyrrole nitrogens is 1. The average Bonchev–Trinajstić information content (AvgIpc) is 3.30. The standard InChI is InChI=1S/C27H41N5O5S2/c1-16(2)13-19(28)24(33)30-21(9-11-38-3)25(34)32-23(26(35)31-22(27(36)37)10-12-39-4)14-17-15-29-20-8-6-5-7-18(17)20/h5-8,15-16,19,21-23,29H,9-14,28H2,1-4H3,(H,30,33)(H,31,35)(H,32,34)(H,36,37). The number of carbonyl (C=O) groups is 4. The third-order valence-corrected chi connectivity index (χ3v) is 7.55. The fourth-order valence-corrected chi connectivity index (χ4v) is 5.11. The van der Waals surface area contributed by atoms with Gasteiger partial charge >= 0.3 is 5.97 Å². The number of aromatic nitrogens is 1. The molecule has 2 aromatic rings. The van der Waals surface area contributed by atoms with E-state index in [1.165, 1.54) is 23.5 Å². The number of carboxylic acids is 1. The largest absolute Gasteiger partial charge is 0.480 e. The molecule has 39 heavy (non-hydrogen) atoms. The summed E-state index contributed by atoms with van der Waals surface area (Å²) >= 11 is 3.01. The van der Waals surface area contributed by atoms with Crippen LogP contribution < -0.4 is 21.7 Å². The smallest absolute Gasteiger partial charge is 0.326 e. The Morgan fingerprint density at radius 1 is 0.897 bits per heavy atom. The van der Waals surface area contributed by atoms with Crippen molar-refractivity contribution in [1.82, 2.24) is 20.9 Å². The molecule has 0 saturated heterocycles. The number of aromatic amines is 1. The molecule has 0 bridgehead atoms. The Labute approximate surface area is 238 Å². The van der Waals surface area contributed by atoms with Crippen molar-refractivity contribution in [2.24, 2.45) is 11.7 Å². The maximum absolute atomic E-state index is 13.4. The first-order chi connectivity index (χ1) is 18.6. The van der Waals surface area contributed by atoms with Gasteiger partial charge in [0, 0.05) is 23.5 Å². The van der Waals surface area contributed by atoms with E-state index in [0.717, 1.165) is 16.5 Å². The molecule has 216 valence electrons. The monoisotopic (exact) mass is 579 g/mol. The molecule has 1 aromatic carbocycles. The van der Waals surface area contributed by atoms with Crippen LogP contribution in [0.4, 0.5) is 0 Å². The van der Waals surface area contributed by atoms with Crippen LogP contribution in [0.15, 0.2) is 30.5 Å². The Balaban J connectivity index is 2.29. The van der Waals surface area contributed by atoms with Crippen molar-refractivity contribution in [3.05, 3.63) is 36.0 Å². The van der Waals surface area contributed by atoms with Crippen molar-refractivity contribution in [3.63, 3.8) is 0 Å². The van der Waals surface area contributed by atoms with Crippen LogP contribution in [0.2, 0.25) is 0 Å². The lowest BCUT2D eigenvalue weighted by Gasteiger charge is -2.25. The Morgan fingerprint density at radius 3 is 2.08 bits per heavy atom. The lowest BCUT2D eigenvalue weighted by molar-refractivity contribution is -0.142. The van der Waals surface area contributed by atoms with Gasteiger partial charge in [-0.2, -0.15) is 23.5 Å². The van der Waals surface area contributed by atoms with Gasteiger partial charge in [-0.15, -0.1) is 0 Å². The van der Waals surface area contributed by atoms with Crippen LogP contribution in [0, 0.1) is 5.92 Å². The summed E-state index contributed by atoms with van der Waals surface area (Å²) in [4.78, 5) is 54.5. The number of fused-ring (bicyclic) bond motifs is 1. The molecule has 0 radical (unpaired) electrons. The molecule has 0 aliphatic heterocycles. The highest BCUT2D eigenvalue weighted by Crippen LogP contribution is 2.19. The van der Waals surface area contributed by atoms with E-state index in [1.807, 2.05) is 50.6 Å². The van der Waals surface area contributed by atoms with Crippen LogP contribution >= 0.6 is 23.5 Å². The van der Waals surface area contributed by atoms with Gasteiger partial charge in [0.2, 0.25) is 17.7 Å². The molecule has 0 aliphatic rings. The van der Waals surface area contributed by atoms with Gasteiger partial charge < -0.3 is 31.8 Å². The molecule has 7 N–H and O–H groups in total. The summed E-state index contributed by atoms with van der Waals surface area (Å²) in [5, 5.41) is 18.7. The van der Waals surface area contributed by atoms with Crippen LogP contribution in [0.3, 0.4) is 0 Å². The topological polar surface area (TPSA) is 166 Å². The minimum Gasteiger partial charge on any atom is -0.480 e. The lowest BCUT2D eigenvalue weighted by Crippen LogP contribution is -2.57. The number of carboxylic acid groups (broad SMARTS) is 1. The highest BCUT2D eigenvalue weighted by Gasteiger charge is 2.31. The number of aliphatic carboxylic acids is 1. The van der Waals surface area contributed by atoms with Gasteiger partial charge in [0.1, 0.15) is 18.1 Å². The number of rotatable bonds is 17. The maximum Gasteiger partial charge on any atom is 0.326 e. The Bertz CT molecular complexity index is 1110. The van der Waals surface area contributed by atoms with E-state index in [-0.39, 0.29) is 18.8 Å². The van der Waals surface area contributed by atoms with Gasteiger partial charge in [-0.3, -0.25) is 14.4 Å². The molecule has 0 fully saturated rings. The van der Waals surface area contributed by atoms with Gasteiger partial charge in [-0.25, -0.2) is 4.79 Å². The first kappa shape index (κ1) is 32.5. The minimum absolute atomic E-state index is 0.131. The van der Waals surface area contributed by atoms with E-state index in [9.17, 15) is 24.3 Å². The zero-order valence-corrected chi connectivity index (χ0v) is 24.6. The predicted molar refractivity (Wildman–Crippen MR) is 159 cm³/mol. The molecule has 3 amide bonds. The first-order valence-electron chi connectivity index (χ1n) is 13.0. The van der Waals surface area contributed by atoms with E-state index < -0.39 is 47.9 Å². The molecule has 0 aliphatic carbocycles. The zero-order valence-electron chi connectivity index (χ0n) is 23.0. The van der Waals surface area contributed by atoms with Crippen LogP contribution in [0.25, 0.3) is 10.9 Å². The molecule has 2 rings (SSSR count). The first-order valence-corrected chi connectivity index (χ1v) is 15.8. The summed E-state index contributed by atoms with van der Waals surface area (Å²) in [6.45, 7) is 3.92. The highest BCUT2D eigenvalue weighted by molar-refractivity contribution is 7.98. The van der Waals surface area contributed by atoms with Gasteiger partial charge in [-0.05, 0) is 60.8 Å². The van der Waals surface area contributed by atoms with E-state index >= 15 is 0 Å². The molecule has 1 heterocycles. The molecule has 4 atom stereocenters. The average molecular weight is 580 g/mol. The van der Waals surface area contributed by atoms with Crippen molar-refractivity contribution < 1.29 is 24.3 Å². The number of carbonyl (C=O) groups excluding carboxylic acids is 3. The van der Waals surface area contributed by atoms with Gasteiger partial charge in [0.25, 0.3) is 0 Å². The molecule has 1 aromatic heterocycles. The third-order valence-electron chi connectivity index (χ3n) is 6.26. The summed E-state index contributed by atoms with van der Waals surface area (Å²) < 4.78 is 0. The van der Waals surface area contributed by atoms with Crippen LogP contribution in [-0.4, -0.2) is 82.0 Å². The van der Waals surface area contributed by atoms with Crippen LogP contribution in [-0.2, 0) is 25.6 Å². The number of nitrogens with one attached hydrogen (secondary N) is 4. The van der Waals surface area contributed by atoms with E-state index in [4.69, 9.17) is 5.73 Å². The van der Waals surface area contributed by atoms with Crippen LogP contribution in [0.1, 0.15) is 38.7 Å². The number of amides is 3. The molecular formula is C27H41N5O5S2. The fourth-order valence-electron chi connectivity index (χ4n) is 4.17. The van der Waals surface area contributed by atoms with E-state index in [2.05, 4.69) is 20.9 Å². The number of para-hydroxylation sites is 1. The van der Waals surface area contributed by atoms with Crippen molar-refractivity contribution in [1.29, 1.82) is 0 Å². The Kier molecular flexibility index (Phi) is 13.7. The van der Waals surface area contributed by atoms with Crippen molar-refractivity contribution >= 4 is 58.1 Å². The summed E-state index contributed by atoms with van der Waals surface area (Å²) in [6.07, 6.45) is 6.73. The Morgan fingerprint density at radius 2 is 1.46 bits per heavy atom. The lowest BCUT2D eigenvalue weighted by atomic mass is 10.0. The quantitative estimate of drug-likeness (QED) is 0.166. The second-order valence-electron chi connectivity index (χ2n) is 9.88. The Hall–Kier alpha value is -2.70. The molecule has 12 heteroatoms. The van der Waals surface area contributed by atoms with Crippen molar-refractivity contribution in [3.8, 4) is 0 Å². The fraction of sp³-hybridized carbons (Fsp3) is 0.556. The minimum atomic E-state index is -1.14. The van der Waals surface area contributed by atoms with Gasteiger partial charge in [0.15, 0.2) is 0 Å². The number of hydrogen-bond acceptors (Lipinski definition) is 7. The SMILES string of the molecule is CSCCC(NC(=O)C(Cc1c[nH]c2ccccc12)NC(=O)C(CCSC)NC(=O)C(N)CC(C)C)C(=O)O. The van der Waals surface area contributed by atoms with Gasteiger partial charge in [0.05, 0.1) is 6.04 Å². The summed E-state index contributed by atoms with van der Waals surface area (Å²) in [5.74, 6) is -1.33. The number of benzene rings is 1. The van der Waals surface area contributed by atoms with E-state index in [0.29, 0.717) is 24.3 Å². The molecular weight excluding hydrogens is 538 g/mol. The molecule has 0 spiro atoms. The molecule has 10 nitrogen and oxygen atoms in total. The van der Waals surface area contributed by atoms with Gasteiger partial charge in [-0.1, -0.05) is 32.0 Å². The van der Waals surface area contributed by atoms with Crippen molar-refractivity contribution in [2.45, 2.75) is 63.7 Å². The maximum atomic E-state index is 13.4. The molecule has 4 unspecified atom stereocenters. The summed E-state index contributed by atoms with van der Waals surface area (Å²) in [7, 11) is 0.